The lowest BCUT2D eigenvalue weighted by Gasteiger charge is -2.37. The van der Waals surface area contributed by atoms with E-state index < -0.39 is 0 Å². The number of hydrogen-bond acceptors (Lipinski definition) is 2. The largest absolute Gasteiger partial charge is 0.494 e. The van der Waals surface area contributed by atoms with Crippen molar-refractivity contribution in [2.75, 3.05) is 18.5 Å². The third-order valence-electron chi connectivity index (χ3n) is 4.40. The minimum atomic E-state index is -0.0370. The Morgan fingerprint density at radius 3 is 2.71 bits per heavy atom. The molecule has 1 aliphatic heterocycles. The van der Waals surface area contributed by atoms with Crippen LogP contribution in [0.1, 0.15) is 38.4 Å². The Labute approximate surface area is 143 Å². The third-order valence-corrected chi connectivity index (χ3v) is 4.40. The molecule has 5 heteroatoms. The molecule has 0 fully saturated rings. The van der Waals surface area contributed by atoms with Gasteiger partial charge >= 0.3 is 6.03 Å². The van der Waals surface area contributed by atoms with Gasteiger partial charge in [0.15, 0.2) is 0 Å². The van der Waals surface area contributed by atoms with Crippen molar-refractivity contribution in [3.63, 3.8) is 0 Å². The van der Waals surface area contributed by atoms with Crippen molar-refractivity contribution in [3.05, 3.63) is 48.3 Å². The maximum atomic E-state index is 12.8. The Kier molecular flexibility index (Phi) is 5.08. The van der Waals surface area contributed by atoms with Gasteiger partial charge in [-0.1, -0.05) is 13.3 Å². The number of amides is 2. The minimum Gasteiger partial charge on any atom is -0.494 e. The van der Waals surface area contributed by atoms with Gasteiger partial charge in [-0.05, 0) is 49.7 Å². The van der Waals surface area contributed by atoms with Crippen molar-refractivity contribution >= 4 is 11.7 Å². The van der Waals surface area contributed by atoms with Crippen LogP contribution in [-0.2, 0) is 6.54 Å². The molecule has 0 radical (unpaired) electrons. The number of carbonyl (C=O) groups excluding carboxylic acids is 1. The van der Waals surface area contributed by atoms with Gasteiger partial charge in [0.1, 0.15) is 5.75 Å². The summed E-state index contributed by atoms with van der Waals surface area (Å²) in [7, 11) is 0. The van der Waals surface area contributed by atoms with E-state index in [0.717, 1.165) is 37.4 Å². The summed E-state index contributed by atoms with van der Waals surface area (Å²) in [5, 5.41) is 3.01. The van der Waals surface area contributed by atoms with E-state index in [2.05, 4.69) is 35.1 Å². The molecular formula is C19H25N3O2. The standard InChI is InChI=1S/C19H25N3O2/c1-3-6-18-17-7-5-12-21(17)13-14-22(18)19(23)20-15-8-10-16(11-9-15)24-4-2/h5,7-12,18H,3-4,6,13-14H2,1-2H3,(H,20,23)/t18-/m1/s1. The topological polar surface area (TPSA) is 46.5 Å². The fourth-order valence-electron chi connectivity index (χ4n) is 3.28. The molecule has 1 aromatic heterocycles. The first-order chi connectivity index (χ1) is 11.7. The van der Waals surface area contributed by atoms with E-state index in [1.165, 1.54) is 5.69 Å². The van der Waals surface area contributed by atoms with Crippen LogP contribution < -0.4 is 10.1 Å². The molecule has 0 unspecified atom stereocenters. The molecule has 5 nitrogen and oxygen atoms in total. The van der Waals surface area contributed by atoms with Crippen LogP contribution in [0, 0.1) is 0 Å². The number of nitrogens with zero attached hydrogens (tertiary/aromatic N) is 2. The first kappa shape index (κ1) is 16.4. The highest BCUT2D eigenvalue weighted by molar-refractivity contribution is 5.89. The van der Waals surface area contributed by atoms with Crippen molar-refractivity contribution in [2.24, 2.45) is 0 Å². The third kappa shape index (κ3) is 3.40. The predicted octanol–water partition coefficient (Wildman–Crippen LogP) is 4.28. The zero-order chi connectivity index (χ0) is 16.9. The first-order valence-corrected chi connectivity index (χ1v) is 8.68. The van der Waals surface area contributed by atoms with Crippen LogP contribution in [0.25, 0.3) is 0 Å². The summed E-state index contributed by atoms with van der Waals surface area (Å²) >= 11 is 0. The number of urea groups is 1. The number of nitrogens with one attached hydrogen (secondary N) is 1. The molecule has 2 aromatic rings. The lowest BCUT2D eigenvalue weighted by Crippen LogP contribution is -2.44. The Balaban J connectivity index is 1.71. The molecule has 1 aromatic carbocycles. The highest BCUT2D eigenvalue weighted by atomic mass is 16.5. The van der Waals surface area contributed by atoms with Gasteiger partial charge < -0.3 is 19.5 Å². The summed E-state index contributed by atoms with van der Waals surface area (Å²) in [6, 6.07) is 11.8. The van der Waals surface area contributed by atoms with Crippen LogP contribution in [0.4, 0.5) is 10.5 Å². The summed E-state index contributed by atoms with van der Waals surface area (Å²) in [5.74, 6) is 0.815. The summed E-state index contributed by atoms with van der Waals surface area (Å²) in [4.78, 5) is 14.7. The van der Waals surface area contributed by atoms with E-state index in [9.17, 15) is 4.79 Å². The highest BCUT2D eigenvalue weighted by Gasteiger charge is 2.30. The molecule has 0 spiro atoms. The number of carbonyl (C=O) groups is 1. The molecule has 1 N–H and O–H groups in total. The predicted molar refractivity (Wildman–Crippen MR) is 95.4 cm³/mol. The molecular weight excluding hydrogens is 302 g/mol. The maximum Gasteiger partial charge on any atom is 0.322 e. The molecule has 3 rings (SSSR count). The van der Waals surface area contributed by atoms with Crippen LogP contribution in [0.2, 0.25) is 0 Å². The number of ether oxygens (including phenoxy) is 1. The van der Waals surface area contributed by atoms with Gasteiger partial charge in [-0.2, -0.15) is 0 Å². The molecule has 1 atom stereocenters. The van der Waals surface area contributed by atoms with E-state index >= 15 is 0 Å². The number of anilines is 1. The Morgan fingerprint density at radius 1 is 1.21 bits per heavy atom. The van der Waals surface area contributed by atoms with E-state index in [1.54, 1.807) is 0 Å². The second-order valence-electron chi connectivity index (χ2n) is 6.01. The summed E-state index contributed by atoms with van der Waals surface area (Å²) in [6.45, 7) is 6.33. The van der Waals surface area contributed by atoms with E-state index in [1.807, 2.05) is 36.1 Å². The van der Waals surface area contributed by atoms with Crippen LogP contribution in [0.3, 0.4) is 0 Å². The molecule has 2 heterocycles. The second-order valence-corrected chi connectivity index (χ2v) is 6.01. The molecule has 2 amide bonds. The smallest absolute Gasteiger partial charge is 0.322 e. The summed E-state index contributed by atoms with van der Waals surface area (Å²) < 4.78 is 7.69. The lowest BCUT2D eigenvalue weighted by molar-refractivity contribution is 0.163. The average Bonchev–Trinajstić information content (AvgIpc) is 3.06. The fourth-order valence-corrected chi connectivity index (χ4v) is 3.28. The monoisotopic (exact) mass is 327 g/mol. The van der Waals surface area contributed by atoms with Gasteiger partial charge in [0.2, 0.25) is 0 Å². The van der Waals surface area contributed by atoms with Gasteiger partial charge in [0.05, 0.1) is 12.6 Å². The summed E-state index contributed by atoms with van der Waals surface area (Å²) in [5.41, 5.74) is 2.02. The highest BCUT2D eigenvalue weighted by Crippen LogP contribution is 2.30. The van der Waals surface area contributed by atoms with Gasteiger partial charge in [-0.15, -0.1) is 0 Å². The van der Waals surface area contributed by atoms with E-state index in [-0.39, 0.29) is 12.1 Å². The normalized spacial score (nSPS) is 16.6. The zero-order valence-corrected chi connectivity index (χ0v) is 14.4. The van der Waals surface area contributed by atoms with Gasteiger partial charge in [-0.25, -0.2) is 4.79 Å². The van der Waals surface area contributed by atoms with Crippen molar-refractivity contribution in [1.82, 2.24) is 9.47 Å². The van der Waals surface area contributed by atoms with Gasteiger partial charge in [0, 0.05) is 30.7 Å². The molecule has 0 aliphatic carbocycles. The molecule has 128 valence electrons. The second kappa shape index (κ2) is 7.43. The van der Waals surface area contributed by atoms with E-state index in [4.69, 9.17) is 4.74 Å². The molecule has 0 saturated carbocycles. The fraction of sp³-hybridized carbons (Fsp3) is 0.421. The average molecular weight is 327 g/mol. The van der Waals surface area contributed by atoms with Crippen LogP contribution >= 0.6 is 0 Å². The van der Waals surface area contributed by atoms with Crippen LogP contribution in [0.15, 0.2) is 42.6 Å². The van der Waals surface area contributed by atoms with Crippen molar-refractivity contribution in [2.45, 2.75) is 39.3 Å². The molecule has 1 aliphatic rings. The van der Waals surface area contributed by atoms with Crippen molar-refractivity contribution < 1.29 is 9.53 Å². The molecule has 24 heavy (non-hydrogen) atoms. The molecule has 0 bridgehead atoms. The number of hydrogen-bond donors (Lipinski definition) is 1. The Bertz CT molecular complexity index is 678. The number of benzene rings is 1. The van der Waals surface area contributed by atoms with Crippen LogP contribution in [0.5, 0.6) is 5.75 Å². The zero-order valence-electron chi connectivity index (χ0n) is 14.4. The van der Waals surface area contributed by atoms with Crippen molar-refractivity contribution in [1.29, 1.82) is 0 Å². The number of fused-ring (bicyclic) bond motifs is 1. The summed E-state index contributed by atoms with van der Waals surface area (Å²) in [6.07, 6.45) is 4.11. The van der Waals surface area contributed by atoms with Crippen LogP contribution in [-0.4, -0.2) is 28.6 Å². The van der Waals surface area contributed by atoms with Gasteiger partial charge in [0.25, 0.3) is 0 Å². The minimum absolute atomic E-state index is 0.0370. The Hall–Kier alpha value is -2.43. The van der Waals surface area contributed by atoms with Crippen molar-refractivity contribution in [3.8, 4) is 5.75 Å². The quantitative estimate of drug-likeness (QED) is 0.891. The lowest BCUT2D eigenvalue weighted by atomic mass is 10.0. The first-order valence-electron chi connectivity index (χ1n) is 8.68. The maximum absolute atomic E-state index is 12.8. The molecule has 0 saturated heterocycles. The Morgan fingerprint density at radius 2 is 2.00 bits per heavy atom. The SMILES string of the molecule is CCC[C@@H]1c2cccn2CCN1C(=O)Nc1ccc(OCC)cc1. The number of rotatable bonds is 5. The number of aromatic nitrogens is 1. The van der Waals surface area contributed by atoms with E-state index in [0.29, 0.717) is 6.61 Å². The van der Waals surface area contributed by atoms with Gasteiger partial charge in [-0.3, -0.25) is 0 Å².